The fourth-order valence-electron chi connectivity index (χ4n) is 0.305. The zero-order valence-corrected chi connectivity index (χ0v) is 7.29. The molecular weight excluding hydrogens is 142 g/mol. The smallest absolute Gasteiger partial charge is 0.119 e. The first-order chi connectivity index (χ1) is 5.33. The van der Waals surface area contributed by atoms with Crippen LogP contribution < -0.4 is 0 Å². The highest BCUT2D eigenvalue weighted by molar-refractivity contribution is 5.55. The molecule has 66 valence electrons. The van der Waals surface area contributed by atoms with Crippen molar-refractivity contribution in [3.8, 4) is 0 Å². The zero-order valence-electron chi connectivity index (χ0n) is 7.29. The Bertz CT molecular complexity index is 92.1. The second-order valence-corrected chi connectivity index (χ2v) is 2.04. The van der Waals surface area contributed by atoms with Gasteiger partial charge in [0.25, 0.3) is 0 Å². The lowest BCUT2D eigenvalue weighted by Crippen LogP contribution is -1.68. The van der Waals surface area contributed by atoms with Crippen LogP contribution in [-0.2, 0) is 4.79 Å². The summed E-state index contributed by atoms with van der Waals surface area (Å²) in [6.07, 6.45) is 6.02. The first kappa shape index (κ1) is 12.8. The lowest BCUT2D eigenvalue weighted by Gasteiger charge is -1.74. The monoisotopic (exact) mass is 159 g/mol. The van der Waals surface area contributed by atoms with Crippen LogP contribution in [0.4, 0.5) is 0 Å². The van der Waals surface area contributed by atoms with Crippen molar-refractivity contribution < 1.29 is 10.0 Å². The summed E-state index contributed by atoms with van der Waals surface area (Å²) in [5.41, 5.74) is 0. The second kappa shape index (κ2) is 16.1. The lowest BCUT2D eigenvalue weighted by atomic mass is 10.4. The van der Waals surface area contributed by atoms with Crippen molar-refractivity contribution in [1.29, 1.82) is 0 Å². The molecule has 0 aromatic carbocycles. The fraction of sp³-hybridized carbons (Fsp3) is 0.750. The third-order valence-corrected chi connectivity index (χ3v) is 0.906. The summed E-state index contributed by atoms with van der Waals surface area (Å²) in [7, 11) is 0. The van der Waals surface area contributed by atoms with Crippen molar-refractivity contribution in [2.75, 3.05) is 0 Å². The van der Waals surface area contributed by atoms with Crippen LogP contribution in [0.3, 0.4) is 0 Å². The maximum Gasteiger partial charge on any atom is 0.119 e. The molecule has 0 aliphatic rings. The van der Waals surface area contributed by atoms with E-state index in [2.05, 4.69) is 5.16 Å². The van der Waals surface area contributed by atoms with Crippen LogP contribution in [0, 0.1) is 0 Å². The van der Waals surface area contributed by atoms with E-state index in [1.54, 1.807) is 0 Å². The van der Waals surface area contributed by atoms with Crippen LogP contribution >= 0.6 is 0 Å². The van der Waals surface area contributed by atoms with Crippen LogP contribution in [-0.4, -0.2) is 17.7 Å². The standard InChI is InChI=1S/C4H9NO.C4H8O/c1-2-3-4-5-6;1-2-3-4-5/h4,6H,2-3H2,1H3;4H,2-3H2,1H3. The van der Waals surface area contributed by atoms with Gasteiger partial charge in [-0.2, -0.15) is 0 Å². The normalized spacial score (nSPS) is 8.91. The maximum absolute atomic E-state index is 9.40. The predicted octanol–water partition coefficient (Wildman–Crippen LogP) is 2.23. The van der Waals surface area contributed by atoms with Gasteiger partial charge in [-0.05, 0) is 12.8 Å². The summed E-state index contributed by atoms with van der Waals surface area (Å²) in [5.74, 6) is 0. The molecule has 3 heteroatoms. The van der Waals surface area contributed by atoms with Crippen molar-refractivity contribution >= 4 is 12.5 Å². The largest absolute Gasteiger partial charge is 0.411 e. The molecule has 3 nitrogen and oxygen atoms in total. The van der Waals surface area contributed by atoms with E-state index in [9.17, 15) is 4.79 Å². The summed E-state index contributed by atoms with van der Waals surface area (Å²) in [6.45, 7) is 4.01. The second-order valence-electron chi connectivity index (χ2n) is 2.04. The van der Waals surface area contributed by atoms with E-state index in [4.69, 9.17) is 5.21 Å². The zero-order chi connectivity index (χ0) is 8.95. The number of carbonyl (C=O) groups excluding carboxylic acids is 1. The molecule has 0 bridgehead atoms. The van der Waals surface area contributed by atoms with E-state index in [0.717, 1.165) is 25.5 Å². The molecule has 0 radical (unpaired) electrons. The van der Waals surface area contributed by atoms with Gasteiger partial charge in [0.1, 0.15) is 6.29 Å². The van der Waals surface area contributed by atoms with Gasteiger partial charge in [0.05, 0.1) is 0 Å². The average Bonchev–Trinajstić information content (AvgIpc) is 2.04. The van der Waals surface area contributed by atoms with Crippen molar-refractivity contribution in [2.24, 2.45) is 5.16 Å². The number of hydrogen-bond acceptors (Lipinski definition) is 3. The number of hydrogen-bond donors (Lipinski definition) is 1. The Morgan fingerprint density at radius 3 is 1.91 bits per heavy atom. The third-order valence-electron chi connectivity index (χ3n) is 0.906. The van der Waals surface area contributed by atoms with Gasteiger partial charge in [-0.3, -0.25) is 0 Å². The van der Waals surface area contributed by atoms with E-state index in [0.29, 0.717) is 6.42 Å². The van der Waals surface area contributed by atoms with Crippen LogP contribution in [0.15, 0.2) is 5.16 Å². The number of aldehydes is 1. The molecule has 0 saturated carbocycles. The molecule has 0 rings (SSSR count). The molecule has 0 aliphatic carbocycles. The maximum atomic E-state index is 9.40. The lowest BCUT2D eigenvalue weighted by molar-refractivity contribution is -0.107. The molecule has 0 amide bonds. The minimum Gasteiger partial charge on any atom is -0.411 e. The highest BCUT2D eigenvalue weighted by atomic mass is 16.4. The van der Waals surface area contributed by atoms with Crippen molar-refractivity contribution in [1.82, 2.24) is 0 Å². The van der Waals surface area contributed by atoms with Gasteiger partial charge in [-0.25, -0.2) is 0 Å². The summed E-state index contributed by atoms with van der Waals surface area (Å²) in [4.78, 5) is 9.40. The van der Waals surface area contributed by atoms with E-state index >= 15 is 0 Å². The number of rotatable bonds is 4. The van der Waals surface area contributed by atoms with E-state index < -0.39 is 0 Å². The molecule has 0 aromatic rings. The highest BCUT2D eigenvalue weighted by Crippen LogP contribution is 1.77. The quantitative estimate of drug-likeness (QED) is 0.296. The Balaban J connectivity index is 0. The minimum atomic E-state index is 0.708. The van der Waals surface area contributed by atoms with Gasteiger partial charge in [0, 0.05) is 12.6 Å². The molecule has 0 atom stereocenters. The molecular formula is C8H17NO2. The first-order valence-electron chi connectivity index (χ1n) is 3.92. The van der Waals surface area contributed by atoms with Gasteiger partial charge in [-0.1, -0.05) is 20.3 Å². The fourth-order valence-corrected chi connectivity index (χ4v) is 0.305. The number of nitrogens with zero attached hydrogens (tertiary/aromatic N) is 1. The van der Waals surface area contributed by atoms with Gasteiger partial charge in [0.2, 0.25) is 0 Å². The summed E-state index contributed by atoms with van der Waals surface area (Å²) >= 11 is 0. The predicted molar refractivity (Wildman–Crippen MR) is 46.2 cm³/mol. The molecule has 11 heavy (non-hydrogen) atoms. The molecule has 0 spiro atoms. The first-order valence-corrected chi connectivity index (χ1v) is 3.92. The molecule has 1 N–H and O–H groups in total. The van der Waals surface area contributed by atoms with Crippen molar-refractivity contribution in [3.63, 3.8) is 0 Å². The van der Waals surface area contributed by atoms with Gasteiger partial charge in [0.15, 0.2) is 0 Å². The molecule has 0 unspecified atom stereocenters. The van der Waals surface area contributed by atoms with Crippen LogP contribution in [0.1, 0.15) is 39.5 Å². The van der Waals surface area contributed by atoms with Gasteiger partial charge >= 0.3 is 0 Å². The average molecular weight is 159 g/mol. The Hall–Kier alpha value is -0.860. The van der Waals surface area contributed by atoms with Crippen molar-refractivity contribution in [3.05, 3.63) is 0 Å². The Kier molecular flexibility index (Phi) is 18.7. The van der Waals surface area contributed by atoms with Gasteiger partial charge < -0.3 is 10.0 Å². The molecule has 0 heterocycles. The van der Waals surface area contributed by atoms with Gasteiger partial charge in [-0.15, -0.1) is 5.16 Å². The van der Waals surface area contributed by atoms with E-state index in [1.165, 1.54) is 6.21 Å². The summed E-state index contributed by atoms with van der Waals surface area (Å²) < 4.78 is 0. The van der Waals surface area contributed by atoms with Crippen LogP contribution in [0.25, 0.3) is 0 Å². The topological polar surface area (TPSA) is 49.7 Å². The number of oxime groups is 1. The molecule has 0 fully saturated rings. The van der Waals surface area contributed by atoms with E-state index in [1.807, 2.05) is 13.8 Å². The summed E-state index contributed by atoms with van der Waals surface area (Å²) in [5, 5.41) is 10.6. The number of carbonyl (C=O) groups is 1. The molecule has 0 saturated heterocycles. The van der Waals surface area contributed by atoms with E-state index in [-0.39, 0.29) is 0 Å². The Morgan fingerprint density at radius 2 is 1.82 bits per heavy atom. The van der Waals surface area contributed by atoms with Crippen LogP contribution in [0.2, 0.25) is 0 Å². The summed E-state index contributed by atoms with van der Waals surface area (Å²) in [6, 6.07) is 0. The third kappa shape index (κ3) is 27.2. The SMILES string of the molecule is CCCC=NO.CCCC=O. The molecule has 0 aliphatic heterocycles. The minimum absolute atomic E-state index is 0.708. The molecule has 0 aromatic heterocycles. The van der Waals surface area contributed by atoms with Crippen LogP contribution in [0.5, 0.6) is 0 Å². The Morgan fingerprint density at radius 1 is 1.27 bits per heavy atom. The van der Waals surface area contributed by atoms with Crippen molar-refractivity contribution in [2.45, 2.75) is 39.5 Å². The number of unbranched alkanes of at least 4 members (excludes halogenated alkanes) is 2. The Labute approximate surface area is 68.1 Å². The highest BCUT2D eigenvalue weighted by Gasteiger charge is 1.67.